The zero-order valence-corrected chi connectivity index (χ0v) is 12.4. The molecule has 0 unspecified atom stereocenters. The second-order valence-corrected chi connectivity index (χ2v) is 6.31. The summed E-state index contributed by atoms with van der Waals surface area (Å²) in [6.45, 7) is 5.09. The normalized spacial score (nSPS) is 15.8. The van der Waals surface area contributed by atoms with Gasteiger partial charge in [0.25, 0.3) is 10.0 Å². The third-order valence-electron chi connectivity index (χ3n) is 3.05. The van der Waals surface area contributed by atoms with Gasteiger partial charge in [-0.1, -0.05) is 18.2 Å². The van der Waals surface area contributed by atoms with Crippen LogP contribution in [0.2, 0.25) is 0 Å². The van der Waals surface area contributed by atoms with Crippen LogP contribution in [-0.2, 0) is 14.8 Å². The van der Waals surface area contributed by atoms with Crippen molar-refractivity contribution >= 4 is 21.5 Å². The number of carbonyl (C=O) groups is 1. The summed E-state index contributed by atoms with van der Waals surface area (Å²) in [5, 5.41) is 0. The van der Waals surface area contributed by atoms with Crippen LogP contribution in [0.15, 0.2) is 56.9 Å². The molecule has 0 bridgehead atoms. The fraction of sp³-hybridized carbons (Fsp3) is 0.200. The molecule has 5 heteroatoms. The lowest BCUT2D eigenvalue weighted by atomic mass is 9.98. The van der Waals surface area contributed by atoms with E-state index in [0.29, 0.717) is 22.4 Å². The van der Waals surface area contributed by atoms with Crippen molar-refractivity contribution in [2.45, 2.75) is 25.7 Å². The maximum absolute atomic E-state index is 12.4. The third-order valence-corrected chi connectivity index (χ3v) is 4.48. The Morgan fingerprint density at radius 3 is 2.05 bits per heavy atom. The lowest BCUT2D eigenvalue weighted by Gasteiger charge is -2.12. The van der Waals surface area contributed by atoms with Crippen LogP contribution in [0.4, 0.5) is 0 Å². The van der Waals surface area contributed by atoms with E-state index < -0.39 is 10.0 Å². The summed E-state index contributed by atoms with van der Waals surface area (Å²) < 4.78 is 28.6. The Morgan fingerprint density at radius 2 is 1.50 bits per heavy atom. The first-order valence-electron chi connectivity index (χ1n) is 6.13. The zero-order chi connectivity index (χ0) is 14.9. The van der Waals surface area contributed by atoms with E-state index >= 15 is 0 Å². The SMILES string of the molecule is CC1=CC(=O)C=C(C)C1=NS(=O)(=O)c1ccccc1C. The minimum absolute atomic E-state index is 0.146. The Kier molecular flexibility index (Phi) is 3.72. The van der Waals surface area contributed by atoms with Gasteiger partial charge < -0.3 is 0 Å². The van der Waals surface area contributed by atoms with E-state index in [1.54, 1.807) is 39.0 Å². The molecule has 0 heterocycles. The molecule has 0 saturated heterocycles. The average Bonchev–Trinajstić information content (AvgIpc) is 2.34. The maximum atomic E-state index is 12.4. The first-order valence-corrected chi connectivity index (χ1v) is 7.57. The van der Waals surface area contributed by atoms with Crippen molar-refractivity contribution in [1.82, 2.24) is 0 Å². The number of nitrogens with zero attached hydrogens (tertiary/aromatic N) is 1. The quantitative estimate of drug-likeness (QED) is 0.786. The summed E-state index contributed by atoms with van der Waals surface area (Å²) in [7, 11) is -3.78. The Labute approximate surface area is 118 Å². The molecule has 1 aliphatic rings. The number of carbonyl (C=O) groups excluding carboxylic acids is 1. The molecule has 2 rings (SSSR count). The van der Waals surface area contributed by atoms with Gasteiger partial charge in [0.2, 0.25) is 0 Å². The Balaban J connectivity index is 2.55. The lowest BCUT2D eigenvalue weighted by molar-refractivity contribution is -0.110. The summed E-state index contributed by atoms with van der Waals surface area (Å²) in [6.07, 6.45) is 2.78. The van der Waals surface area contributed by atoms with Crippen LogP contribution >= 0.6 is 0 Å². The number of aryl methyl sites for hydroxylation is 1. The molecule has 0 N–H and O–H groups in total. The van der Waals surface area contributed by atoms with Gasteiger partial charge in [-0.3, -0.25) is 4.79 Å². The number of hydrogen-bond donors (Lipinski definition) is 0. The Morgan fingerprint density at radius 1 is 0.950 bits per heavy atom. The third kappa shape index (κ3) is 2.77. The van der Waals surface area contributed by atoms with Crippen molar-refractivity contribution in [3.8, 4) is 0 Å². The molecule has 104 valence electrons. The molecular weight excluding hydrogens is 274 g/mol. The number of sulfonamides is 1. The molecule has 20 heavy (non-hydrogen) atoms. The number of hydrogen-bond acceptors (Lipinski definition) is 3. The number of benzene rings is 1. The minimum atomic E-state index is -3.78. The smallest absolute Gasteiger partial charge is 0.283 e. The van der Waals surface area contributed by atoms with Gasteiger partial charge in [-0.05, 0) is 55.7 Å². The van der Waals surface area contributed by atoms with Crippen LogP contribution in [0.3, 0.4) is 0 Å². The fourth-order valence-corrected chi connectivity index (χ4v) is 3.43. The van der Waals surface area contributed by atoms with Crippen molar-refractivity contribution in [2.24, 2.45) is 4.40 Å². The van der Waals surface area contributed by atoms with Gasteiger partial charge in [0.1, 0.15) is 0 Å². The van der Waals surface area contributed by atoms with E-state index in [1.165, 1.54) is 18.2 Å². The summed E-state index contributed by atoms with van der Waals surface area (Å²) in [5.41, 5.74) is 2.11. The molecule has 0 aliphatic heterocycles. The maximum Gasteiger partial charge on any atom is 0.283 e. The van der Waals surface area contributed by atoms with E-state index in [9.17, 15) is 13.2 Å². The lowest BCUT2D eigenvalue weighted by Crippen LogP contribution is -2.14. The first-order chi connectivity index (χ1) is 9.31. The predicted octanol–water partition coefficient (Wildman–Crippen LogP) is 2.60. The zero-order valence-electron chi connectivity index (χ0n) is 11.5. The van der Waals surface area contributed by atoms with Gasteiger partial charge >= 0.3 is 0 Å². The van der Waals surface area contributed by atoms with Gasteiger partial charge in [-0.15, -0.1) is 0 Å². The standard InChI is InChI=1S/C15H15NO3S/c1-10-6-4-5-7-14(10)20(18,19)16-15-11(2)8-13(17)9-12(15)3/h4-9H,1-3H3. The predicted molar refractivity (Wildman–Crippen MR) is 78.3 cm³/mol. The van der Waals surface area contributed by atoms with Crippen molar-refractivity contribution < 1.29 is 13.2 Å². The summed E-state index contributed by atoms with van der Waals surface area (Å²) in [5.74, 6) is -0.146. The van der Waals surface area contributed by atoms with Crippen molar-refractivity contribution in [3.63, 3.8) is 0 Å². The van der Waals surface area contributed by atoms with E-state index in [4.69, 9.17) is 0 Å². The Hall–Kier alpha value is -2.01. The van der Waals surface area contributed by atoms with Crippen molar-refractivity contribution in [3.05, 3.63) is 53.1 Å². The van der Waals surface area contributed by atoms with Gasteiger partial charge in [-0.2, -0.15) is 12.8 Å². The Bertz CT molecular complexity index is 744. The highest BCUT2D eigenvalue weighted by Gasteiger charge is 2.20. The van der Waals surface area contributed by atoms with Crippen LogP contribution < -0.4 is 0 Å². The van der Waals surface area contributed by atoms with Gasteiger partial charge in [0.15, 0.2) is 5.78 Å². The second-order valence-electron chi connectivity index (χ2n) is 4.74. The molecule has 0 saturated carbocycles. The molecule has 0 amide bonds. The summed E-state index contributed by atoms with van der Waals surface area (Å²) in [4.78, 5) is 11.5. The highest BCUT2D eigenvalue weighted by atomic mass is 32.2. The number of ketones is 1. The largest absolute Gasteiger partial charge is 0.290 e. The molecule has 1 aromatic carbocycles. The van der Waals surface area contributed by atoms with Crippen LogP contribution in [0.5, 0.6) is 0 Å². The van der Waals surface area contributed by atoms with Gasteiger partial charge in [0.05, 0.1) is 10.6 Å². The monoisotopic (exact) mass is 289 g/mol. The topological polar surface area (TPSA) is 63.6 Å². The minimum Gasteiger partial charge on any atom is -0.290 e. The molecule has 0 radical (unpaired) electrons. The average molecular weight is 289 g/mol. The molecule has 0 fully saturated rings. The van der Waals surface area contributed by atoms with Crippen LogP contribution in [0, 0.1) is 6.92 Å². The second kappa shape index (κ2) is 5.17. The van der Waals surface area contributed by atoms with Gasteiger partial charge in [-0.25, -0.2) is 0 Å². The van der Waals surface area contributed by atoms with Crippen molar-refractivity contribution in [2.75, 3.05) is 0 Å². The molecular formula is C15H15NO3S. The number of allylic oxidation sites excluding steroid dienone is 4. The van der Waals surface area contributed by atoms with Crippen LogP contribution in [0.25, 0.3) is 0 Å². The first kappa shape index (κ1) is 14.4. The van der Waals surface area contributed by atoms with Crippen molar-refractivity contribution in [1.29, 1.82) is 0 Å². The van der Waals surface area contributed by atoms with E-state index in [2.05, 4.69) is 4.40 Å². The fourth-order valence-electron chi connectivity index (χ4n) is 2.08. The highest BCUT2D eigenvalue weighted by molar-refractivity contribution is 7.90. The molecule has 1 aromatic rings. The summed E-state index contributed by atoms with van der Waals surface area (Å²) in [6, 6.07) is 6.69. The molecule has 0 spiro atoms. The molecule has 1 aliphatic carbocycles. The highest BCUT2D eigenvalue weighted by Crippen LogP contribution is 2.21. The van der Waals surface area contributed by atoms with E-state index in [0.717, 1.165) is 0 Å². The number of rotatable bonds is 2. The van der Waals surface area contributed by atoms with E-state index in [-0.39, 0.29) is 10.7 Å². The van der Waals surface area contributed by atoms with E-state index in [1.807, 2.05) is 0 Å². The summed E-state index contributed by atoms with van der Waals surface area (Å²) >= 11 is 0. The molecule has 4 nitrogen and oxygen atoms in total. The van der Waals surface area contributed by atoms with Gasteiger partial charge in [0, 0.05) is 0 Å². The van der Waals surface area contributed by atoms with Crippen LogP contribution in [-0.4, -0.2) is 19.9 Å². The molecule has 0 aromatic heterocycles. The van der Waals surface area contributed by atoms with Crippen LogP contribution in [0.1, 0.15) is 19.4 Å². The molecule has 0 atom stereocenters.